The van der Waals surface area contributed by atoms with E-state index >= 15 is 0 Å². The lowest BCUT2D eigenvalue weighted by molar-refractivity contribution is 0.398. The Morgan fingerprint density at radius 1 is 1.12 bits per heavy atom. The molecule has 0 amide bonds. The minimum atomic E-state index is 0.175. The van der Waals surface area contributed by atoms with E-state index in [9.17, 15) is 0 Å². The monoisotopic (exact) mass is 436 g/mol. The Kier molecular flexibility index (Phi) is 6.48. The van der Waals surface area contributed by atoms with Gasteiger partial charge in [-0.25, -0.2) is 4.98 Å². The van der Waals surface area contributed by atoms with E-state index in [2.05, 4.69) is 22.2 Å². The van der Waals surface area contributed by atoms with Gasteiger partial charge in [0.05, 0.1) is 31.3 Å². The summed E-state index contributed by atoms with van der Waals surface area (Å²) in [5, 5.41) is 8.20. The molecule has 170 valence electrons. The lowest BCUT2D eigenvalue weighted by Crippen LogP contribution is -2.18. The number of nitrogen functional groups attached to an aromatic ring is 1. The molecule has 1 unspecified atom stereocenters. The predicted octanol–water partition coefficient (Wildman–Crippen LogP) is 3.79. The van der Waals surface area contributed by atoms with Gasteiger partial charge in [0.15, 0.2) is 0 Å². The number of nitrogens with zero attached hydrogens (tertiary/aromatic N) is 4. The molecule has 1 aromatic carbocycles. The Labute approximate surface area is 189 Å². The maximum absolute atomic E-state index is 6.08. The van der Waals surface area contributed by atoms with E-state index in [0.717, 1.165) is 60.0 Å². The van der Waals surface area contributed by atoms with Crippen molar-refractivity contribution in [2.75, 3.05) is 25.3 Å². The molecule has 0 radical (unpaired) electrons. The van der Waals surface area contributed by atoms with Crippen molar-refractivity contribution in [1.29, 1.82) is 0 Å². The summed E-state index contributed by atoms with van der Waals surface area (Å²) < 4.78 is 12.8. The van der Waals surface area contributed by atoms with Gasteiger partial charge in [-0.15, -0.1) is 0 Å². The highest BCUT2D eigenvalue weighted by atomic mass is 16.5. The van der Waals surface area contributed by atoms with Gasteiger partial charge in [-0.2, -0.15) is 10.1 Å². The highest BCUT2D eigenvalue weighted by Crippen LogP contribution is 2.31. The minimum Gasteiger partial charge on any atom is -0.497 e. The lowest BCUT2D eigenvalue weighted by Gasteiger charge is -2.17. The van der Waals surface area contributed by atoms with Gasteiger partial charge >= 0.3 is 0 Å². The van der Waals surface area contributed by atoms with Gasteiger partial charge in [0.25, 0.3) is 0 Å². The molecule has 8 nitrogen and oxygen atoms in total. The molecular weight excluding hydrogens is 404 g/mol. The smallest absolute Gasteiger partial charge is 0.222 e. The third-order valence-electron chi connectivity index (χ3n) is 6.03. The Hall–Kier alpha value is -3.29. The highest BCUT2D eigenvalue weighted by molar-refractivity contribution is 5.65. The second-order valence-electron chi connectivity index (χ2n) is 8.36. The van der Waals surface area contributed by atoms with Crippen molar-refractivity contribution >= 4 is 11.8 Å². The molecule has 1 aliphatic carbocycles. The van der Waals surface area contributed by atoms with Gasteiger partial charge in [-0.3, -0.25) is 4.68 Å². The first kappa shape index (κ1) is 21.9. The van der Waals surface area contributed by atoms with Crippen molar-refractivity contribution in [2.45, 2.75) is 51.5 Å². The van der Waals surface area contributed by atoms with Crippen LogP contribution < -0.4 is 20.5 Å². The zero-order chi connectivity index (χ0) is 22.7. The summed E-state index contributed by atoms with van der Waals surface area (Å²) in [5.41, 5.74) is 11.5. The molecule has 3 N–H and O–H groups in total. The minimum absolute atomic E-state index is 0.175. The molecule has 4 rings (SSSR count). The molecule has 3 aromatic rings. The summed E-state index contributed by atoms with van der Waals surface area (Å²) in [7, 11) is 5.34. The number of methoxy groups -OCH3 is 2. The molecule has 2 aromatic heterocycles. The van der Waals surface area contributed by atoms with Crippen LogP contribution in [0.3, 0.4) is 0 Å². The first-order valence-electron chi connectivity index (χ1n) is 11.2. The van der Waals surface area contributed by atoms with Crippen LogP contribution in [0.5, 0.6) is 11.5 Å². The number of rotatable bonds is 8. The van der Waals surface area contributed by atoms with Gasteiger partial charge in [0.1, 0.15) is 17.3 Å². The summed E-state index contributed by atoms with van der Waals surface area (Å²) in [4.78, 5) is 8.95. The van der Waals surface area contributed by atoms with Gasteiger partial charge in [-0.1, -0.05) is 0 Å². The molecule has 1 aliphatic rings. The summed E-state index contributed by atoms with van der Waals surface area (Å²) >= 11 is 0. The fraction of sp³-hybridized carbons (Fsp3) is 0.458. The fourth-order valence-electron chi connectivity index (χ4n) is 4.44. The van der Waals surface area contributed by atoms with Crippen molar-refractivity contribution in [1.82, 2.24) is 19.7 Å². The number of aryl methyl sites for hydroxylation is 3. The Morgan fingerprint density at radius 2 is 1.94 bits per heavy atom. The van der Waals surface area contributed by atoms with E-state index in [1.807, 2.05) is 36.0 Å². The van der Waals surface area contributed by atoms with Crippen LogP contribution in [0, 0.1) is 0 Å². The van der Waals surface area contributed by atoms with Crippen LogP contribution in [-0.4, -0.2) is 40.0 Å². The molecule has 8 heteroatoms. The Bertz CT molecular complexity index is 1090. The van der Waals surface area contributed by atoms with Crippen molar-refractivity contribution in [2.24, 2.45) is 7.05 Å². The van der Waals surface area contributed by atoms with E-state index in [-0.39, 0.29) is 12.0 Å². The largest absolute Gasteiger partial charge is 0.497 e. The second kappa shape index (κ2) is 9.46. The lowest BCUT2D eigenvalue weighted by atomic mass is 9.95. The number of benzene rings is 1. The third-order valence-corrected chi connectivity index (χ3v) is 6.03. The molecule has 0 fully saturated rings. The molecule has 0 bridgehead atoms. The van der Waals surface area contributed by atoms with Gasteiger partial charge in [0, 0.05) is 24.7 Å². The van der Waals surface area contributed by atoms with E-state index in [1.165, 1.54) is 24.1 Å². The number of aromatic nitrogens is 4. The molecule has 0 saturated carbocycles. The predicted molar refractivity (Wildman–Crippen MR) is 126 cm³/mol. The molecule has 32 heavy (non-hydrogen) atoms. The summed E-state index contributed by atoms with van der Waals surface area (Å²) in [5.74, 6) is 2.68. The van der Waals surface area contributed by atoms with Crippen LogP contribution in [-0.2, 0) is 26.3 Å². The number of fused-ring (bicyclic) bond motifs is 1. The number of hydrogen-bond acceptors (Lipinski definition) is 7. The van der Waals surface area contributed by atoms with Crippen LogP contribution in [0.2, 0.25) is 0 Å². The first-order chi connectivity index (χ1) is 15.5. The summed E-state index contributed by atoms with van der Waals surface area (Å²) in [6.45, 7) is 2.14. The fourth-order valence-corrected chi connectivity index (χ4v) is 4.44. The normalized spacial score (nSPS) is 14.0. The quantitative estimate of drug-likeness (QED) is 0.554. The third kappa shape index (κ3) is 4.64. The van der Waals surface area contributed by atoms with Crippen LogP contribution in [0.15, 0.2) is 24.3 Å². The molecular formula is C24H32N6O2. The van der Waals surface area contributed by atoms with Crippen molar-refractivity contribution in [3.05, 3.63) is 41.1 Å². The molecule has 0 spiro atoms. The number of nitrogens with one attached hydrogen (secondary N) is 1. The van der Waals surface area contributed by atoms with Gasteiger partial charge in [0.2, 0.25) is 5.95 Å². The average Bonchev–Trinajstić information content (AvgIpc) is 3.12. The molecule has 2 heterocycles. The van der Waals surface area contributed by atoms with Crippen molar-refractivity contribution in [3.63, 3.8) is 0 Å². The van der Waals surface area contributed by atoms with E-state index in [4.69, 9.17) is 20.3 Å². The second-order valence-corrected chi connectivity index (χ2v) is 8.36. The van der Waals surface area contributed by atoms with Crippen molar-refractivity contribution in [3.8, 4) is 22.9 Å². The SMILES string of the molecule is COc1ccc(OC)c(CCC(C)Nc2cc(-c3c4c(nn3C)CCCC4)nc(N)n2)c1. The van der Waals surface area contributed by atoms with Crippen molar-refractivity contribution < 1.29 is 9.47 Å². The van der Waals surface area contributed by atoms with Gasteiger partial charge in [-0.05, 0) is 69.2 Å². The number of anilines is 2. The summed E-state index contributed by atoms with van der Waals surface area (Å²) in [6.07, 6.45) is 6.17. The number of hydrogen-bond donors (Lipinski definition) is 2. The van der Waals surface area contributed by atoms with E-state index in [0.29, 0.717) is 0 Å². The number of nitrogens with two attached hydrogens (primary N) is 1. The van der Waals surface area contributed by atoms with Crippen LogP contribution in [0.4, 0.5) is 11.8 Å². The van der Waals surface area contributed by atoms with Gasteiger partial charge < -0.3 is 20.5 Å². The maximum Gasteiger partial charge on any atom is 0.222 e. The first-order valence-corrected chi connectivity index (χ1v) is 11.2. The number of ether oxygens (including phenoxy) is 2. The highest BCUT2D eigenvalue weighted by Gasteiger charge is 2.22. The zero-order valence-corrected chi connectivity index (χ0v) is 19.3. The molecule has 0 saturated heterocycles. The Morgan fingerprint density at radius 3 is 2.72 bits per heavy atom. The Balaban J connectivity index is 1.50. The molecule has 0 aliphatic heterocycles. The maximum atomic E-state index is 6.08. The zero-order valence-electron chi connectivity index (χ0n) is 19.3. The topological polar surface area (TPSA) is 100 Å². The average molecular weight is 437 g/mol. The van der Waals surface area contributed by atoms with Crippen LogP contribution in [0.1, 0.15) is 43.0 Å². The standard InChI is InChI=1S/C24H32N6O2/c1-15(9-10-16-13-17(31-3)11-12-21(16)32-4)26-22-14-20(27-24(25)28-22)23-18-7-5-6-8-19(18)29-30(23)2/h11-15H,5-10H2,1-4H3,(H3,25,26,27,28). The van der Waals surface area contributed by atoms with E-state index in [1.54, 1.807) is 14.2 Å². The molecule has 1 atom stereocenters. The van der Waals surface area contributed by atoms with E-state index < -0.39 is 0 Å². The van der Waals surface area contributed by atoms with Crippen LogP contribution >= 0.6 is 0 Å². The van der Waals surface area contributed by atoms with Crippen LogP contribution in [0.25, 0.3) is 11.4 Å². The summed E-state index contributed by atoms with van der Waals surface area (Å²) in [6, 6.07) is 8.03.